The van der Waals surface area contributed by atoms with Crippen LogP contribution in [0.3, 0.4) is 0 Å². The number of benzene rings is 1. The zero-order valence-electron chi connectivity index (χ0n) is 12.5. The Hall–Kier alpha value is -2.07. The number of fused-ring (bicyclic) bond motifs is 3. The minimum absolute atomic E-state index is 0.0258. The van der Waals surface area contributed by atoms with Crippen LogP contribution in [-0.2, 0) is 17.8 Å². The van der Waals surface area contributed by atoms with Crippen molar-refractivity contribution >= 4 is 16.8 Å². The van der Waals surface area contributed by atoms with Crippen molar-refractivity contribution < 1.29 is 4.79 Å². The molecule has 1 aliphatic rings. The molecule has 0 saturated carbocycles. The Balaban J connectivity index is 1.81. The van der Waals surface area contributed by atoms with Gasteiger partial charge in [-0.1, -0.05) is 24.3 Å². The van der Waals surface area contributed by atoms with Crippen LogP contribution < -0.4 is 5.73 Å². The van der Waals surface area contributed by atoms with Gasteiger partial charge in [0.25, 0.3) is 0 Å². The lowest BCUT2D eigenvalue weighted by Gasteiger charge is -2.26. The van der Waals surface area contributed by atoms with Crippen molar-refractivity contribution in [3.8, 4) is 0 Å². The van der Waals surface area contributed by atoms with Crippen molar-refractivity contribution in [2.24, 2.45) is 5.73 Å². The Kier molecular flexibility index (Phi) is 3.33. The second-order valence-corrected chi connectivity index (χ2v) is 6.29. The van der Waals surface area contributed by atoms with E-state index >= 15 is 0 Å². The van der Waals surface area contributed by atoms with E-state index in [1.165, 1.54) is 10.9 Å². The number of nitrogens with two attached hydrogens (primary N) is 1. The van der Waals surface area contributed by atoms with E-state index in [0.29, 0.717) is 6.54 Å². The molecule has 1 aromatic carbocycles. The minimum atomic E-state index is -0.461. The molecule has 2 aromatic rings. The highest BCUT2D eigenvalue weighted by Gasteiger charge is 2.22. The van der Waals surface area contributed by atoms with Crippen LogP contribution in [0.4, 0.5) is 0 Å². The SMILES string of the molecule is CC(C)(N)/C=C/C(=O)N1CCc2c([nH]c3ccccc23)C1. The number of aromatic nitrogens is 1. The first kappa shape index (κ1) is 13.9. The van der Waals surface area contributed by atoms with E-state index in [9.17, 15) is 4.79 Å². The second kappa shape index (κ2) is 5.04. The quantitative estimate of drug-likeness (QED) is 0.831. The van der Waals surface area contributed by atoms with Crippen LogP contribution in [0, 0.1) is 0 Å². The highest BCUT2D eigenvalue weighted by atomic mass is 16.2. The Morgan fingerprint density at radius 3 is 2.90 bits per heavy atom. The lowest BCUT2D eigenvalue weighted by molar-refractivity contribution is -0.127. The molecule has 0 atom stereocenters. The van der Waals surface area contributed by atoms with Crippen molar-refractivity contribution in [3.63, 3.8) is 0 Å². The monoisotopic (exact) mass is 283 g/mol. The first-order valence-electron chi connectivity index (χ1n) is 7.29. The molecular formula is C17H21N3O. The Labute approximate surface area is 124 Å². The molecule has 21 heavy (non-hydrogen) atoms. The fourth-order valence-electron chi connectivity index (χ4n) is 2.77. The number of hydrogen-bond acceptors (Lipinski definition) is 2. The van der Waals surface area contributed by atoms with E-state index in [1.54, 1.807) is 12.2 Å². The Morgan fingerprint density at radius 1 is 1.38 bits per heavy atom. The van der Waals surface area contributed by atoms with Gasteiger partial charge in [0, 0.05) is 34.8 Å². The lowest BCUT2D eigenvalue weighted by Crippen LogP contribution is -2.36. The average Bonchev–Trinajstić information content (AvgIpc) is 2.81. The summed E-state index contributed by atoms with van der Waals surface area (Å²) in [6, 6.07) is 8.30. The van der Waals surface area contributed by atoms with E-state index in [2.05, 4.69) is 23.2 Å². The van der Waals surface area contributed by atoms with E-state index in [0.717, 1.165) is 24.2 Å². The molecule has 4 heteroatoms. The summed E-state index contributed by atoms with van der Waals surface area (Å²) in [5.74, 6) is 0.0258. The Bertz CT molecular complexity index is 706. The minimum Gasteiger partial charge on any atom is -0.357 e. The number of amides is 1. The van der Waals surface area contributed by atoms with E-state index in [1.807, 2.05) is 24.8 Å². The summed E-state index contributed by atoms with van der Waals surface area (Å²) in [6.45, 7) is 5.15. The molecule has 1 aliphatic heterocycles. The summed E-state index contributed by atoms with van der Waals surface area (Å²) in [5.41, 5.74) is 9.06. The van der Waals surface area contributed by atoms with Gasteiger partial charge < -0.3 is 15.6 Å². The molecule has 3 rings (SSSR count). The zero-order chi connectivity index (χ0) is 15.0. The number of nitrogens with zero attached hydrogens (tertiary/aromatic N) is 1. The number of nitrogens with one attached hydrogen (secondary N) is 1. The van der Waals surface area contributed by atoms with Gasteiger partial charge in [-0.25, -0.2) is 0 Å². The maximum absolute atomic E-state index is 12.2. The van der Waals surface area contributed by atoms with Crippen molar-refractivity contribution in [2.45, 2.75) is 32.4 Å². The van der Waals surface area contributed by atoms with Crippen LogP contribution in [-0.4, -0.2) is 27.9 Å². The number of para-hydroxylation sites is 1. The molecule has 0 aliphatic carbocycles. The second-order valence-electron chi connectivity index (χ2n) is 6.29. The molecule has 3 N–H and O–H groups in total. The van der Waals surface area contributed by atoms with Gasteiger partial charge in [-0.2, -0.15) is 0 Å². The number of rotatable bonds is 2. The predicted molar refractivity (Wildman–Crippen MR) is 84.8 cm³/mol. The molecular weight excluding hydrogens is 262 g/mol. The number of H-pyrrole nitrogens is 1. The fraction of sp³-hybridized carbons (Fsp3) is 0.353. The molecule has 2 heterocycles. The van der Waals surface area contributed by atoms with Gasteiger partial charge >= 0.3 is 0 Å². The van der Waals surface area contributed by atoms with Crippen molar-refractivity contribution in [3.05, 3.63) is 47.7 Å². The van der Waals surface area contributed by atoms with Gasteiger partial charge in [-0.05, 0) is 31.9 Å². The van der Waals surface area contributed by atoms with Gasteiger partial charge in [0.15, 0.2) is 0 Å². The van der Waals surface area contributed by atoms with Crippen LogP contribution in [0.2, 0.25) is 0 Å². The molecule has 0 radical (unpaired) electrons. The maximum atomic E-state index is 12.2. The number of carbonyl (C=O) groups is 1. The summed E-state index contributed by atoms with van der Waals surface area (Å²) in [5, 5.41) is 1.28. The van der Waals surface area contributed by atoms with Crippen molar-refractivity contribution in [1.82, 2.24) is 9.88 Å². The highest BCUT2D eigenvalue weighted by molar-refractivity contribution is 5.89. The molecule has 0 saturated heterocycles. The van der Waals surface area contributed by atoms with Crippen molar-refractivity contribution in [1.29, 1.82) is 0 Å². The molecule has 0 unspecified atom stereocenters. The molecule has 110 valence electrons. The van der Waals surface area contributed by atoms with Crippen LogP contribution in [0.15, 0.2) is 36.4 Å². The summed E-state index contributed by atoms with van der Waals surface area (Å²) < 4.78 is 0. The van der Waals surface area contributed by atoms with E-state index < -0.39 is 5.54 Å². The highest BCUT2D eigenvalue weighted by Crippen LogP contribution is 2.27. The number of carbonyl (C=O) groups excluding carboxylic acids is 1. The number of hydrogen-bond donors (Lipinski definition) is 2. The molecule has 0 spiro atoms. The van der Waals surface area contributed by atoms with Gasteiger partial charge in [0.05, 0.1) is 6.54 Å². The van der Waals surface area contributed by atoms with Gasteiger partial charge in [-0.15, -0.1) is 0 Å². The molecule has 4 nitrogen and oxygen atoms in total. The normalized spacial score (nSPS) is 15.7. The summed E-state index contributed by atoms with van der Waals surface area (Å²) in [6.07, 6.45) is 4.24. The topological polar surface area (TPSA) is 62.1 Å². The molecule has 1 amide bonds. The average molecular weight is 283 g/mol. The lowest BCUT2D eigenvalue weighted by atomic mass is 10.0. The fourth-order valence-corrected chi connectivity index (χ4v) is 2.77. The maximum Gasteiger partial charge on any atom is 0.246 e. The van der Waals surface area contributed by atoms with Gasteiger partial charge in [0.1, 0.15) is 0 Å². The zero-order valence-corrected chi connectivity index (χ0v) is 12.5. The van der Waals surface area contributed by atoms with Crippen LogP contribution in [0.1, 0.15) is 25.1 Å². The number of aromatic amines is 1. The summed E-state index contributed by atoms with van der Waals surface area (Å²) in [4.78, 5) is 17.5. The van der Waals surface area contributed by atoms with Gasteiger partial charge in [-0.3, -0.25) is 4.79 Å². The van der Waals surface area contributed by atoms with Crippen LogP contribution in [0.5, 0.6) is 0 Å². The molecule has 0 bridgehead atoms. The van der Waals surface area contributed by atoms with Crippen molar-refractivity contribution in [2.75, 3.05) is 6.54 Å². The first-order valence-corrected chi connectivity index (χ1v) is 7.29. The molecule has 1 aromatic heterocycles. The summed E-state index contributed by atoms with van der Waals surface area (Å²) >= 11 is 0. The third-order valence-corrected chi connectivity index (χ3v) is 3.85. The Morgan fingerprint density at radius 2 is 2.14 bits per heavy atom. The van der Waals surface area contributed by atoms with E-state index in [4.69, 9.17) is 5.73 Å². The van der Waals surface area contributed by atoms with E-state index in [-0.39, 0.29) is 5.91 Å². The first-order chi connectivity index (χ1) is 9.94. The third kappa shape index (κ3) is 2.85. The smallest absolute Gasteiger partial charge is 0.246 e. The van der Waals surface area contributed by atoms with Gasteiger partial charge in [0.2, 0.25) is 5.91 Å². The molecule has 0 fully saturated rings. The van der Waals surface area contributed by atoms with Crippen LogP contribution >= 0.6 is 0 Å². The van der Waals surface area contributed by atoms with Crippen LogP contribution in [0.25, 0.3) is 10.9 Å². The third-order valence-electron chi connectivity index (χ3n) is 3.85. The summed E-state index contributed by atoms with van der Waals surface area (Å²) in [7, 11) is 0. The predicted octanol–water partition coefficient (Wildman–Crippen LogP) is 2.35. The largest absolute Gasteiger partial charge is 0.357 e. The standard InChI is InChI=1S/C17H21N3O/c1-17(2,18)9-7-16(21)20-10-8-13-12-5-3-4-6-14(12)19-15(13)11-20/h3-7,9,19H,8,10-11,18H2,1-2H3/b9-7+.